The lowest BCUT2D eigenvalue weighted by Crippen LogP contribution is -2.13. The number of aryl methyl sites for hydroxylation is 1. The monoisotopic (exact) mass is 488 g/mol. The molecule has 0 heterocycles. The van der Waals surface area contributed by atoms with Crippen LogP contribution >= 0.6 is 0 Å². The molecule has 0 bridgehead atoms. The van der Waals surface area contributed by atoms with Crippen LogP contribution in [0.4, 0.5) is 0 Å². The fraction of sp³-hybridized carbons (Fsp3) is 0.742. The van der Waals surface area contributed by atoms with Crippen molar-refractivity contribution in [2.45, 2.75) is 149 Å². The first-order valence-electron chi connectivity index (χ1n) is 14.7. The molecule has 0 radical (unpaired) electrons. The molecule has 0 fully saturated rings. The van der Waals surface area contributed by atoms with Crippen LogP contribution in [0.15, 0.2) is 18.2 Å². The molecule has 200 valence electrons. The minimum Gasteiger partial charge on any atom is -0.423 e. The van der Waals surface area contributed by atoms with E-state index in [2.05, 4.69) is 20.8 Å². The van der Waals surface area contributed by atoms with Crippen molar-refractivity contribution in [3.63, 3.8) is 0 Å². The highest BCUT2D eigenvalue weighted by atomic mass is 16.6. The molecule has 0 saturated carbocycles. The third kappa shape index (κ3) is 15.7. The van der Waals surface area contributed by atoms with Crippen LogP contribution in [-0.2, 0) is 16.0 Å². The smallest absolute Gasteiger partial charge is 0.311 e. The van der Waals surface area contributed by atoms with Gasteiger partial charge in [-0.15, -0.1) is 0 Å². The SMILES string of the molecule is CCCCCCCCCc1cccc(OC(=O)CCCCCCC)c1OC(=O)CCCCCCC. The van der Waals surface area contributed by atoms with Gasteiger partial charge in [-0.3, -0.25) is 9.59 Å². The summed E-state index contributed by atoms with van der Waals surface area (Å²) in [5, 5.41) is 0. The Morgan fingerprint density at radius 3 is 1.57 bits per heavy atom. The molecule has 0 aliphatic rings. The molecular weight excluding hydrogens is 436 g/mol. The zero-order valence-corrected chi connectivity index (χ0v) is 23.0. The summed E-state index contributed by atoms with van der Waals surface area (Å²) in [5.74, 6) is 0.372. The average Bonchev–Trinajstić information content (AvgIpc) is 2.85. The van der Waals surface area contributed by atoms with E-state index in [9.17, 15) is 9.59 Å². The molecule has 0 aliphatic carbocycles. The van der Waals surface area contributed by atoms with Gasteiger partial charge >= 0.3 is 11.9 Å². The second kappa shape index (κ2) is 21.4. The number of para-hydroxylation sites is 1. The van der Waals surface area contributed by atoms with Crippen LogP contribution in [0.3, 0.4) is 0 Å². The molecule has 0 amide bonds. The van der Waals surface area contributed by atoms with Gasteiger partial charge in [-0.25, -0.2) is 0 Å². The van der Waals surface area contributed by atoms with E-state index in [4.69, 9.17) is 9.47 Å². The number of ether oxygens (including phenoxy) is 2. The summed E-state index contributed by atoms with van der Waals surface area (Å²) in [6.07, 6.45) is 21.1. The van der Waals surface area contributed by atoms with Gasteiger partial charge < -0.3 is 9.47 Å². The van der Waals surface area contributed by atoms with Crippen LogP contribution < -0.4 is 9.47 Å². The highest BCUT2D eigenvalue weighted by molar-refractivity contribution is 5.76. The van der Waals surface area contributed by atoms with Crippen molar-refractivity contribution in [3.8, 4) is 11.5 Å². The van der Waals surface area contributed by atoms with Crippen molar-refractivity contribution in [1.29, 1.82) is 0 Å². The van der Waals surface area contributed by atoms with Crippen LogP contribution in [0.25, 0.3) is 0 Å². The minimum atomic E-state index is -0.244. The number of rotatable bonds is 22. The largest absolute Gasteiger partial charge is 0.423 e. The Morgan fingerprint density at radius 1 is 0.571 bits per heavy atom. The molecule has 1 aromatic rings. The molecule has 1 aromatic carbocycles. The Labute approximate surface area is 215 Å². The van der Waals surface area contributed by atoms with E-state index in [1.165, 1.54) is 57.8 Å². The van der Waals surface area contributed by atoms with Crippen molar-refractivity contribution in [2.24, 2.45) is 0 Å². The molecule has 0 aromatic heterocycles. The average molecular weight is 489 g/mol. The number of benzene rings is 1. The third-order valence-corrected chi connectivity index (χ3v) is 6.52. The van der Waals surface area contributed by atoms with E-state index < -0.39 is 0 Å². The fourth-order valence-electron chi connectivity index (χ4n) is 4.31. The summed E-state index contributed by atoms with van der Waals surface area (Å²) in [7, 11) is 0. The molecule has 0 atom stereocenters. The van der Waals surface area contributed by atoms with Gasteiger partial charge in [-0.05, 0) is 37.3 Å². The summed E-state index contributed by atoms with van der Waals surface area (Å²) in [6.45, 7) is 6.60. The summed E-state index contributed by atoms with van der Waals surface area (Å²) in [4.78, 5) is 25.1. The molecule has 0 aliphatic heterocycles. The lowest BCUT2D eigenvalue weighted by atomic mass is 10.0. The molecule has 0 spiro atoms. The van der Waals surface area contributed by atoms with Crippen LogP contribution in [-0.4, -0.2) is 11.9 Å². The Bertz CT molecular complexity index is 683. The van der Waals surface area contributed by atoms with E-state index in [-0.39, 0.29) is 11.9 Å². The lowest BCUT2D eigenvalue weighted by Gasteiger charge is -2.15. The summed E-state index contributed by atoms with van der Waals surface area (Å²) in [6, 6.07) is 5.67. The molecule has 0 saturated heterocycles. The van der Waals surface area contributed by atoms with Gasteiger partial charge in [0.1, 0.15) is 0 Å². The topological polar surface area (TPSA) is 52.6 Å². The highest BCUT2D eigenvalue weighted by Crippen LogP contribution is 2.33. The number of esters is 2. The van der Waals surface area contributed by atoms with Gasteiger partial charge in [-0.2, -0.15) is 0 Å². The highest BCUT2D eigenvalue weighted by Gasteiger charge is 2.18. The molecule has 4 nitrogen and oxygen atoms in total. The third-order valence-electron chi connectivity index (χ3n) is 6.52. The molecule has 0 N–H and O–H groups in total. The molecule has 0 unspecified atom stereocenters. The van der Waals surface area contributed by atoms with Gasteiger partial charge in [0.25, 0.3) is 0 Å². The molecule has 35 heavy (non-hydrogen) atoms. The van der Waals surface area contributed by atoms with Crippen molar-refractivity contribution in [1.82, 2.24) is 0 Å². The predicted molar refractivity (Wildman–Crippen MR) is 146 cm³/mol. The van der Waals surface area contributed by atoms with Gasteiger partial charge in [0, 0.05) is 12.8 Å². The van der Waals surface area contributed by atoms with Gasteiger partial charge in [0.05, 0.1) is 0 Å². The number of carbonyl (C=O) groups excluding carboxylic acids is 2. The summed E-state index contributed by atoms with van der Waals surface area (Å²) >= 11 is 0. The first-order chi connectivity index (χ1) is 17.1. The number of hydrogen-bond acceptors (Lipinski definition) is 4. The Kier molecular flexibility index (Phi) is 19.1. The van der Waals surface area contributed by atoms with E-state index in [0.29, 0.717) is 24.3 Å². The van der Waals surface area contributed by atoms with Crippen molar-refractivity contribution < 1.29 is 19.1 Å². The normalized spacial score (nSPS) is 10.9. The lowest BCUT2D eigenvalue weighted by molar-refractivity contribution is -0.137. The van der Waals surface area contributed by atoms with Crippen LogP contribution in [0, 0.1) is 0 Å². The number of unbranched alkanes of at least 4 members (excludes halogenated alkanes) is 14. The maximum absolute atomic E-state index is 12.6. The van der Waals surface area contributed by atoms with E-state index in [1.807, 2.05) is 12.1 Å². The first-order valence-corrected chi connectivity index (χ1v) is 14.7. The van der Waals surface area contributed by atoms with E-state index in [0.717, 1.165) is 63.4 Å². The maximum atomic E-state index is 12.6. The van der Waals surface area contributed by atoms with Crippen LogP contribution in [0.2, 0.25) is 0 Å². The van der Waals surface area contributed by atoms with Crippen molar-refractivity contribution >= 4 is 11.9 Å². The summed E-state index contributed by atoms with van der Waals surface area (Å²) < 4.78 is 11.5. The number of carbonyl (C=O) groups is 2. The quantitative estimate of drug-likeness (QED) is 0.0926. The van der Waals surface area contributed by atoms with Gasteiger partial charge in [0.2, 0.25) is 0 Å². The second-order valence-electron chi connectivity index (χ2n) is 9.89. The molecule has 1 rings (SSSR count). The van der Waals surface area contributed by atoms with E-state index in [1.54, 1.807) is 6.07 Å². The van der Waals surface area contributed by atoms with Crippen molar-refractivity contribution in [3.05, 3.63) is 23.8 Å². The Hall–Kier alpha value is -1.84. The van der Waals surface area contributed by atoms with Crippen LogP contribution in [0.1, 0.15) is 148 Å². The maximum Gasteiger partial charge on any atom is 0.311 e. The Morgan fingerprint density at radius 2 is 1.03 bits per heavy atom. The van der Waals surface area contributed by atoms with E-state index >= 15 is 0 Å². The van der Waals surface area contributed by atoms with Crippen molar-refractivity contribution in [2.75, 3.05) is 0 Å². The van der Waals surface area contributed by atoms with Crippen LogP contribution in [0.5, 0.6) is 11.5 Å². The predicted octanol–water partition coefficient (Wildman–Crippen LogP) is 9.51. The minimum absolute atomic E-state index is 0.231. The zero-order valence-electron chi connectivity index (χ0n) is 23.0. The Balaban J connectivity index is 2.71. The van der Waals surface area contributed by atoms with Gasteiger partial charge in [0.15, 0.2) is 11.5 Å². The summed E-state index contributed by atoms with van der Waals surface area (Å²) in [5.41, 5.74) is 0.964. The molecular formula is C31H52O4. The zero-order chi connectivity index (χ0) is 25.6. The molecule has 4 heteroatoms. The number of hydrogen-bond donors (Lipinski definition) is 0. The van der Waals surface area contributed by atoms with Gasteiger partial charge in [-0.1, -0.05) is 123 Å². The standard InChI is InChI=1S/C31H52O4/c1-4-7-10-13-14-17-18-22-27-23-21-24-28(34-29(32)25-19-15-11-8-5-2)31(27)35-30(33)26-20-16-12-9-6-3/h21,23-24H,4-20,22,25-26H2,1-3H3. The fourth-order valence-corrected chi connectivity index (χ4v) is 4.31. The first kappa shape index (κ1) is 31.2. The second-order valence-corrected chi connectivity index (χ2v) is 9.89.